The number of nitrogens with one attached hydrogen (secondary N) is 1. The van der Waals surface area contributed by atoms with E-state index in [4.69, 9.17) is 5.73 Å². The quantitative estimate of drug-likeness (QED) is 0.536. The third-order valence-corrected chi connectivity index (χ3v) is 6.48. The minimum atomic E-state index is -0.198. The van der Waals surface area contributed by atoms with Gasteiger partial charge in [0, 0.05) is 29.1 Å². The summed E-state index contributed by atoms with van der Waals surface area (Å²) >= 11 is 1.40. The minimum absolute atomic E-state index is 0.0186. The first-order valence-corrected chi connectivity index (χ1v) is 11.9. The molecule has 1 saturated carbocycles. The van der Waals surface area contributed by atoms with Gasteiger partial charge in [0.25, 0.3) is 0 Å². The van der Waals surface area contributed by atoms with Crippen molar-refractivity contribution in [1.82, 2.24) is 9.88 Å². The van der Waals surface area contributed by atoms with E-state index in [2.05, 4.69) is 10.3 Å². The molecule has 2 aromatic carbocycles. The molecule has 6 nitrogen and oxygen atoms in total. The van der Waals surface area contributed by atoms with Crippen molar-refractivity contribution in [3.05, 3.63) is 65.5 Å². The molecule has 0 aliphatic heterocycles. The normalized spacial score (nSPS) is 14.1. The zero-order valence-electron chi connectivity index (χ0n) is 18.0. The molecule has 0 saturated heterocycles. The number of hydrogen-bond donors (Lipinski definition) is 2. The Hall–Kier alpha value is -3.19. The Morgan fingerprint density at radius 1 is 1.03 bits per heavy atom. The number of amides is 2. The number of nitrogens with two attached hydrogens (primary N) is 1. The largest absolute Gasteiger partial charge is 0.375 e. The summed E-state index contributed by atoms with van der Waals surface area (Å²) in [5.41, 5.74) is 9.18. The maximum Gasteiger partial charge on any atom is 0.244 e. The third-order valence-electron chi connectivity index (χ3n) is 5.80. The molecule has 0 unspecified atom stereocenters. The number of benzene rings is 2. The second kappa shape index (κ2) is 10.4. The first-order valence-electron chi connectivity index (χ1n) is 11.0. The van der Waals surface area contributed by atoms with Crippen LogP contribution in [0.25, 0.3) is 11.3 Å². The molecule has 1 aromatic heterocycles. The SMILES string of the molecule is Nc1nc(-c2ccc(NC(=O)CN(Cc3ccccc3)C(=O)C3CCCCC3)cc2)cs1. The van der Waals surface area contributed by atoms with Crippen LogP contribution in [0, 0.1) is 5.92 Å². The van der Waals surface area contributed by atoms with Crippen molar-refractivity contribution in [3.63, 3.8) is 0 Å². The summed E-state index contributed by atoms with van der Waals surface area (Å²) in [5, 5.41) is 5.35. The van der Waals surface area contributed by atoms with Crippen LogP contribution in [-0.2, 0) is 16.1 Å². The van der Waals surface area contributed by atoms with Gasteiger partial charge in [-0.15, -0.1) is 11.3 Å². The molecule has 0 spiro atoms. The van der Waals surface area contributed by atoms with Gasteiger partial charge in [-0.05, 0) is 30.5 Å². The van der Waals surface area contributed by atoms with Gasteiger partial charge in [0.1, 0.15) is 6.54 Å². The van der Waals surface area contributed by atoms with E-state index in [1.54, 1.807) is 4.90 Å². The van der Waals surface area contributed by atoms with Crippen LogP contribution >= 0.6 is 11.3 Å². The van der Waals surface area contributed by atoms with Gasteiger partial charge in [0.2, 0.25) is 11.8 Å². The summed E-state index contributed by atoms with van der Waals surface area (Å²) in [4.78, 5) is 32.0. The van der Waals surface area contributed by atoms with E-state index in [1.807, 2.05) is 60.0 Å². The summed E-state index contributed by atoms with van der Waals surface area (Å²) in [7, 11) is 0. The van der Waals surface area contributed by atoms with E-state index >= 15 is 0 Å². The fourth-order valence-corrected chi connectivity index (χ4v) is 4.71. The zero-order chi connectivity index (χ0) is 22.3. The fourth-order valence-electron chi connectivity index (χ4n) is 4.14. The first-order chi connectivity index (χ1) is 15.6. The number of nitrogen functional groups attached to an aromatic ring is 1. The van der Waals surface area contributed by atoms with Gasteiger partial charge in [0.15, 0.2) is 5.13 Å². The van der Waals surface area contributed by atoms with Gasteiger partial charge < -0.3 is 16.0 Å². The van der Waals surface area contributed by atoms with Gasteiger partial charge in [-0.2, -0.15) is 0 Å². The molecule has 7 heteroatoms. The van der Waals surface area contributed by atoms with Gasteiger partial charge in [-0.3, -0.25) is 9.59 Å². The van der Waals surface area contributed by atoms with Crippen LogP contribution in [0.5, 0.6) is 0 Å². The highest BCUT2D eigenvalue weighted by atomic mass is 32.1. The lowest BCUT2D eigenvalue weighted by Gasteiger charge is -2.29. The van der Waals surface area contributed by atoms with Crippen LogP contribution in [0.4, 0.5) is 10.8 Å². The van der Waals surface area contributed by atoms with Crippen molar-refractivity contribution >= 4 is 34.0 Å². The molecule has 3 N–H and O–H groups in total. The average Bonchev–Trinajstić information content (AvgIpc) is 3.26. The Morgan fingerprint density at radius 3 is 2.41 bits per heavy atom. The molecule has 1 aliphatic carbocycles. The minimum Gasteiger partial charge on any atom is -0.375 e. The van der Waals surface area contributed by atoms with Crippen LogP contribution in [0.2, 0.25) is 0 Å². The number of carbonyl (C=O) groups excluding carboxylic acids is 2. The highest BCUT2D eigenvalue weighted by Gasteiger charge is 2.27. The maximum atomic E-state index is 13.2. The maximum absolute atomic E-state index is 13.2. The van der Waals surface area contributed by atoms with Crippen LogP contribution in [0.15, 0.2) is 60.0 Å². The Labute approximate surface area is 192 Å². The summed E-state index contributed by atoms with van der Waals surface area (Å²) < 4.78 is 0. The van der Waals surface area contributed by atoms with Crippen molar-refractivity contribution in [2.45, 2.75) is 38.6 Å². The number of aromatic nitrogens is 1. The van der Waals surface area contributed by atoms with Gasteiger partial charge >= 0.3 is 0 Å². The summed E-state index contributed by atoms with van der Waals surface area (Å²) in [6, 6.07) is 17.3. The Morgan fingerprint density at radius 2 is 1.75 bits per heavy atom. The molecule has 1 heterocycles. The molecule has 32 heavy (non-hydrogen) atoms. The summed E-state index contributed by atoms with van der Waals surface area (Å²) in [6.07, 6.45) is 5.17. The number of anilines is 2. The van der Waals surface area contributed by atoms with E-state index < -0.39 is 0 Å². The number of hydrogen-bond acceptors (Lipinski definition) is 5. The van der Waals surface area contributed by atoms with Crippen molar-refractivity contribution in [2.75, 3.05) is 17.6 Å². The molecule has 0 atom stereocenters. The van der Waals surface area contributed by atoms with Crippen LogP contribution in [-0.4, -0.2) is 28.2 Å². The average molecular weight is 449 g/mol. The number of carbonyl (C=O) groups is 2. The zero-order valence-corrected chi connectivity index (χ0v) is 18.8. The lowest BCUT2D eigenvalue weighted by molar-refractivity contribution is -0.139. The van der Waals surface area contributed by atoms with Gasteiger partial charge in [-0.25, -0.2) is 4.98 Å². The first kappa shape index (κ1) is 22.0. The molecule has 0 bridgehead atoms. The van der Waals surface area contributed by atoms with Crippen LogP contribution in [0.3, 0.4) is 0 Å². The van der Waals surface area contributed by atoms with E-state index in [1.165, 1.54) is 17.8 Å². The Balaban J connectivity index is 1.42. The molecule has 4 rings (SSSR count). The standard InChI is InChI=1S/C25H28N4O2S/c26-25-28-22(17-32-25)19-11-13-21(14-12-19)27-23(30)16-29(15-18-7-3-1-4-8-18)24(31)20-9-5-2-6-10-20/h1,3-4,7-8,11-14,17,20H,2,5-6,9-10,15-16H2,(H2,26,28)(H,27,30). The third kappa shape index (κ3) is 5.73. The van der Waals surface area contributed by atoms with E-state index in [0.29, 0.717) is 17.4 Å². The van der Waals surface area contributed by atoms with Crippen LogP contribution < -0.4 is 11.1 Å². The van der Waals surface area contributed by atoms with Crippen molar-refractivity contribution in [3.8, 4) is 11.3 Å². The van der Waals surface area contributed by atoms with Gasteiger partial charge in [0.05, 0.1) is 5.69 Å². The van der Waals surface area contributed by atoms with Crippen molar-refractivity contribution in [2.24, 2.45) is 5.92 Å². The number of rotatable bonds is 7. The molecule has 166 valence electrons. The van der Waals surface area contributed by atoms with Crippen molar-refractivity contribution < 1.29 is 9.59 Å². The lowest BCUT2D eigenvalue weighted by Crippen LogP contribution is -2.41. The van der Waals surface area contributed by atoms with E-state index in [0.717, 1.165) is 42.5 Å². The lowest BCUT2D eigenvalue weighted by atomic mass is 9.88. The van der Waals surface area contributed by atoms with Crippen LogP contribution in [0.1, 0.15) is 37.7 Å². The Bertz CT molecular complexity index is 1040. The highest BCUT2D eigenvalue weighted by Crippen LogP contribution is 2.27. The molecule has 1 aliphatic rings. The smallest absolute Gasteiger partial charge is 0.244 e. The second-order valence-corrected chi connectivity index (χ2v) is 9.10. The van der Waals surface area contributed by atoms with E-state index in [9.17, 15) is 9.59 Å². The summed E-state index contributed by atoms with van der Waals surface area (Å²) in [5.74, 6) is -0.0963. The monoisotopic (exact) mass is 448 g/mol. The number of thiazole rings is 1. The second-order valence-electron chi connectivity index (χ2n) is 8.21. The molecular formula is C25H28N4O2S. The van der Waals surface area contributed by atoms with Crippen molar-refractivity contribution in [1.29, 1.82) is 0 Å². The molecule has 1 fully saturated rings. The molecular weight excluding hydrogens is 420 g/mol. The molecule has 2 amide bonds. The highest BCUT2D eigenvalue weighted by molar-refractivity contribution is 7.13. The molecule has 0 radical (unpaired) electrons. The fraction of sp³-hybridized carbons (Fsp3) is 0.320. The number of nitrogens with zero attached hydrogens (tertiary/aromatic N) is 2. The topological polar surface area (TPSA) is 88.3 Å². The molecule has 3 aromatic rings. The Kier molecular flexibility index (Phi) is 7.17. The summed E-state index contributed by atoms with van der Waals surface area (Å²) in [6.45, 7) is 0.475. The van der Waals surface area contributed by atoms with Gasteiger partial charge in [-0.1, -0.05) is 61.7 Å². The predicted octanol–water partition coefficient (Wildman–Crippen LogP) is 4.94. The predicted molar refractivity (Wildman–Crippen MR) is 129 cm³/mol. The van der Waals surface area contributed by atoms with E-state index in [-0.39, 0.29) is 24.3 Å².